The van der Waals surface area contributed by atoms with E-state index in [-0.39, 0.29) is 0 Å². The molecule has 1 N–H and O–H groups in total. The molecule has 0 spiro atoms. The Morgan fingerprint density at radius 3 is 2.59 bits per heavy atom. The lowest BCUT2D eigenvalue weighted by molar-refractivity contribution is -0.0580. The Morgan fingerprint density at radius 2 is 1.94 bits per heavy atom. The van der Waals surface area contributed by atoms with Gasteiger partial charge in [0.05, 0.1) is 12.7 Å². The molecule has 1 heterocycles. The van der Waals surface area contributed by atoms with E-state index in [9.17, 15) is 0 Å². The van der Waals surface area contributed by atoms with Crippen LogP contribution in [0.3, 0.4) is 0 Å². The predicted molar refractivity (Wildman–Crippen MR) is 71.2 cm³/mol. The molecule has 0 radical (unpaired) electrons. The van der Waals surface area contributed by atoms with E-state index in [0.717, 1.165) is 31.5 Å². The first kappa shape index (κ1) is 13.3. The Bertz CT molecular complexity index is 246. The lowest BCUT2D eigenvalue weighted by Crippen LogP contribution is -2.59. The van der Waals surface area contributed by atoms with E-state index in [1.807, 2.05) is 0 Å². The predicted octanol–water partition coefficient (Wildman–Crippen LogP) is 1.73. The summed E-state index contributed by atoms with van der Waals surface area (Å²) in [5.41, 5.74) is 0. The maximum atomic E-state index is 5.66. The zero-order valence-corrected chi connectivity index (χ0v) is 11.8. The van der Waals surface area contributed by atoms with Gasteiger partial charge in [-0.2, -0.15) is 0 Å². The molecule has 0 aromatic heterocycles. The van der Waals surface area contributed by atoms with E-state index in [2.05, 4.69) is 38.0 Å². The number of nitrogens with one attached hydrogen (secondary N) is 1. The van der Waals surface area contributed by atoms with Crippen molar-refractivity contribution in [1.82, 2.24) is 10.2 Å². The zero-order chi connectivity index (χ0) is 12.4. The molecule has 0 bridgehead atoms. The van der Waals surface area contributed by atoms with Gasteiger partial charge in [0.15, 0.2) is 0 Å². The SMILES string of the molecule is CNC1CC(C)CC(C)C1N1CCOC(C)C1. The van der Waals surface area contributed by atoms with Crippen molar-refractivity contribution in [2.75, 3.05) is 26.7 Å². The lowest BCUT2D eigenvalue weighted by atomic mass is 9.75. The van der Waals surface area contributed by atoms with Crippen LogP contribution in [0.4, 0.5) is 0 Å². The molecule has 2 fully saturated rings. The van der Waals surface area contributed by atoms with Crippen LogP contribution in [0.1, 0.15) is 33.6 Å². The third kappa shape index (κ3) is 3.01. The Balaban J connectivity index is 2.05. The van der Waals surface area contributed by atoms with Crippen molar-refractivity contribution in [2.24, 2.45) is 11.8 Å². The van der Waals surface area contributed by atoms with Gasteiger partial charge in [0.1, 0.15) is 0 Å². The highest BCUT2D eigenvalue weighted by atomic mass is 16.5. The summed E-state index contributed by atoms with van der Waals surface area (Å²) in [5.74, 6) is 1.65. The minimum atomic E-state index is 0.396. The first-order chi connectivity index (χ1) is 8.11. The Kier molecular flexibility index (Phi) is 4.45. The molecule has 3 nitrogen and oxygen atoms in total. The van der Waals surface area contributed by atoms with Crippen LogP contribution in [-0.2, 0) is 4.74 Å². The standard InChI is InChI=1S/C14H28N2O/c1-10-7-11(2)14(13(8-10)15-4)16-5-6-17-12(3)9-16/h10-15H,5-9H2,1-4H3. The minimum absolute atomic E-state index is 0.396. The number of hydrogen-bond donors (Lipinski definition) is 1. The molecule has 1 saturated carbocycles. The molecule has 5 atom stereocenters. The van der Waals surface area contributed by atoms with Crippen molar-refractivity contribution in [3.63, 3.8) is 0 Å². The molecule has 0 amide bonds. The first-order valence-electron chi connectivity index (χ1n) is 7.14. The summed E-state index contributed by atoms with van der Waals surface area (Å²) in [6, 6.07) is 1.35. The number of ether oxygens (including phenoxy) is 1. The summed E-state index contributed by atoms with van der Waals surface area (Å²) >= 11 is 0. The van der Waals surface area contributed by atoms with E-state index < -0.39 is 0 Å². The topological polar surface area (TPSA) is 24.5 Å². The minimum Gasteiger partial charge on any atom is -0.376 e. The van der Waals surface area contributed by atoms with Crippen molar-refractivity contribution >= 4 is 0 Å². The first-order valence-corrected chi connectivity index (χ1v) is 7.14. The van der Waals surface area contributed by atoms with Gasteiger partial charge in [0, 0.05) is 25.2 Å². The molecule has 17 heavy (non-hydrogen) atoms. The average molecular weight is 240 g/mol. The molecule has 100 valence electrons. The Morgan fingerprint density at radius 1 is 1.18 bits per heavy atom. The fraction of sp³-hybridized carbons (Fsp3) is 1.00. The smallest absolute Gasteiger partial charge is 0.0674 e. The van der Waals surface area contributed by atoms with Gasteiger partial charge in [-0.15, -0.1) is 0 Å². The third-order valence-corrected chi connectivity index (χ3v) is 4.49. The van der Waals surface area contributed by atoms with Crippen LogP contribution in [0, 0.1) is 11.8 Å². The highest BCUT2D eigenvalue weighted by molar-refractivity contribution is 4.94. The van der Waals surface area contributed by atoms with E-state index >= 15 is 0 Å². The summed E-state index contributed by atoms with van der Waals surface area (Å²) in [6.45, 7) is 10.1. The molecule has 1 aliphatic heterocycles. The second-order valence-corrected chi connectivity index (χ2v) is 6.12. The van der Waals surface area contributed by atoms with Crippen LogP contribution in [0.2, 0.25) is 0 Å². The van der Waals surface area contributed by atoms with Gasteiger partial charge in [0.25, 0.3) is 0 Å². The van der Waals surface area contributed by atoms with Crippen molar-refractivity contribution < 1.29 is 4.74 Å². The van der Waals surface area contributed by atoms with Crippen molar-refractivity contribution in [2.45, 2.75) is 51.8 Å². The molecule has 1 saturated heterocycles. The average Bonchev–Trinajstić information content (AvgIpc) is 2.27. The van der Waals surface area contributed by atoms with Crippen molar-refractivity contribution in [3.8, 4) is 0 Å². The molecule has 1 aliphatic carbocycles. The molecule has 5 unspecified atom stereocenters. The van der Waals surface area contributed by atoms with E-state index in [1.165, 1.54) is 12.8 Å². The molecule has 2 aliphatic rings. The van der Waals surface area contributed by atoms with Crippen molar-refractivity contribution in [3.05, 3.63) is 0 Å². The molecule has 0 aromatic rings. The normalized spacial score (nSPS) is 44.8. The molecule has 3 heteroatoms. The summed E-state index contributed by atoms with van der Waals surface area (Å²) in [6.07, 6.45) is 3.08. The van der Waals surface area contributed by atoms with Crippen LogP contribution in [0.5, 0.6) is 0 Å². The highest BCUT2D eigenvalue weighted by Gasteiger charge is 2.38. The van der Waals surface area contributed by atoms with Gasteiger partial charge in [0.2, 0.25) is 0 Å². The largest absolute Gasteiger partial charge is 0.376 e. The second kappa shape index (κ2) is 5.68. The van der Waals surface area contributed by atoms with Gasteiger partial charge in [-0.1, -0.05) is 13.8 Å². The van der Waals surface area contributed by atoms with E-state index in [4.69, 9.17) is 4.74 Å². The van der Waals surface area contributed by atoms with Gasteiger partial charge in [-0.25, -0.2) is 0 Å². The lowest BCUT2D eigenvalue weighted by Gasteiger charge is -2.47. The van der Waals surface area contributed by atoms with Crippen LogP contribution in [0.25, 0.3) is 0 Å². The number of likely N-dealkylation sites (N-methyl/N-ethyl adjacent to an activating group) is 1. The summed E-state index contributed by atoms with van der Waals surface area (Å²) in [5, 5.41) is 3.54. The Hall–Kier alpha value is -0.120. The Labute approximate surface area is 106 Å². The summed E-state index contributed by atoms with van der Waals surface area (Å²) in [4.78, 5) is 2.66. The number of rotatable bonds is 2. The summed E-state index contributed by atoms with van der Waals surface area (Å²) < 4.78 is 5.66. The van der Waals surface area contributed by atoms with Crippen LogP contribution < -0.4 is 5.32 Å². The molecule has 0 aromatic carbocycles. The third-order valence-electron chi connectivity index (χ3n) is 4.49. The van der Waals surface area contributed by atoms with Crippen molar-refractivity contribution in [1.29, 1.82) is 0 Å². The van der Waals surface area contributed by atoms with Crippen LogP contribution in [0.15, 0.2) is 0 Å². The molecular formula is C14H28N2O. The number of morpholine rings is 1. The monoisotopic (exact) mass is 240 g/mol. The number of hydrogen-bond acceptors (Lipinski definition) is 3. The van der Waals surface area contributed by atoms with Gasteiger partial charge < -0.3 is 10.1 Å². The van der Waals surface area contributed by atoms with Gasteiger partial charge in [-0.05, 0) is 38.6 Å². The maximum absolute atomic E-state index is 5.66. The van der Waals surface area contributed by atoms with E-state index in [1.54, 1.807) is 0 Å². The fourth-order valence-corrected chi connectivity index (χ4v) is 3.86. The second-order valence-electron chi connectivity index (χ2n) is 6.12. The maximum Gasteiger partial charge on any atom is 0.0674 e. The molecular weight excluding hydrogens is 212 g/mol. The van der Waals surface area contributed by atoms with Gasteiger partial charge >= 0.3 is 0 Å². The van der Waals surface area contributed by atoms with Crippen LogP contribution in [-0.4, -0.2) is 49.8 Å². The van der Waals surface area contributed by atoms with Gasteiger partial charge in [-0.3, -0.25) is 4.90 Å². The highest BCUT2D eigenvalue weighted by Crippen LogP contribution is 2.33. The van der Waals surface area contributed by atoms with Crippen LogP contribution >= 0.6 is 0 Å². The fourth-order valence-electron chi connectivity index (χ4n) is 3.86. The molecule has 2 rings (SSSR count). The zero-order valence-electron chi connectivity index (χ0n) is 11.8. The quantitative estimate of drug-likeness (QED) is 0.795. The number of nitrogens with zero attached hydrogens (tertiary/aromatic N) is 1. The summed E-state index contributed by atoms with van der Waals surface area (Å²) in [7, 11) is 2.12. The van der Waals surface area contributed by atoms with E-state index in [0.29, 0.717) is 18.2 Å².